The van der Waals surface area contributed by atoms with Gasteiger partial charge in [0.15, 0.2) is 5.96 Å². The first-order valence-electron chi connectivity index (χ1n) is 10.6. The van der Waals surface area contributed by atoms with Gasteiger partial charge in [0.2, 0.25) is 17.7 Å². The van der Waals surface area contributed by atoms with Crippen molar-refractivity contribution in [2.24, 2.45) is 28.1 Å². The Morgan fingerprint density at radius 2 is 1.47 bits per heavy atom. The van der Waals surface area contributed by atoms with Crippen molar-refractivity contribution in [1.29, 1.82) is 0 Å². The van der Waals surface area contributed by atoms with Crippen LogP contribution < -0.4 is 33.2 Å². The number of carboxylic acids is 2. The summed E-state index contributed by atoms with van der Waals surface area (Å²) < 4.78 is 0. The van der Waals surface area contributed by atoms with Crippen LogP contribution in [0.2, 0.25) is 0 Å². The number of nitrogens with one attached hydrogen (secondary N) is 3. The molecule has 4 unspecified atom stereocenters. The number of aliphatic imine (C=N–C) groups is 1. The van der Waals surface area contributed by atoms with Crippen LogP contribution in [0.25, 0.3) is 0 Å². The summed E-state index contributed by atoms with van der Waals surface area (Å²) in [5.41, 5.74) is 16.2. The summed E-state index contributed by atoms with van der Waals surface area (Å²) in [7, 11) is 0. The summed E-state index contributed by atoms with van der Waals surface area (Å²) in [6, 6.07) is -5.10. The van der Waals surface area contributed by atoms with E-state index in [-0.39, 0.29) is 38.2 Å². The summed E-state index contributed by atoms with van der Waals surface area (Å²) in [4.78, 5) is 63.4. The Bertz CT molecular complexity index is 755. The SMILES string of the molecule is CC(C)C(NC(=O)C(CCCN=C(N)N)NC(=O)C(N)CCC(=O)O)C(=O)NC(CO)C(=O)O. The monoisotopic (exact) mass is 489 g/mol. The lowest BCUT2D eigenvalue weighted by Crippen LogP contribution is -2.58. The van der Waals surface area contributed by atoms with Gasteiger partial charge in [-0.1, -0.05) is 13.8 Å². The topological polar surface area (TPSA) is 273 Å². The predicted molar refractivity (Wildman–Crippen MR) is 120 cm³/mol. The minimum atomic E-state index is -1.56. The van der Waals surface area contributed by atoms with Crippen molar-refractivity contribution in [3.63, 3.8) is 0 Å². The lowest BCUT2D eigenvalue weighted by Gasteiger charge is -2.26. The fourth-order valence-corrected chi connectivity index (χ4v) is 2.70. The number of nitrogens with zero attached hydrogens (tertiary/aromatic N) is 1. The minimum Gasteiger partial charge on any atom is -0.481 e. The van der Waals surface area contributed by atoms with Crippen molar-refractivity contribution in [2.45, 2.75) is 63.7 Å². The molecule has 12 N–H and O–H groups in total. The van der Waals surface area contributed by atoms with Gasteiger partial charge in [-0.3, -0.25) is 24.2 Å². The molecule has 0 rings (SSSR count). The Labute approximate surface area is 196 Å². The first-order valence-corrected chi connectivity index (χ1v) is 10.6. The maximum Gasteiger partial charge on any atom is 0.328 e. The van der Waals surface area contributed by atoms with Gasteiger partial charge >= 0.3 is 11.9 Å². The summed E-state index contributed by atoms with van der Waals surface area (Å²) in [6.45, 7) is 2.51. The lowest BCUT2D eigenvalue weighted by atomic mass is 10.0. The second-order valence-corrected chi connectivity index (χ2v) is 7.86. The van der Waals surface area contributed by atoms with Crippen LogP contribution >= 0.6 is 0 Å². The number of aliphatic hydroxyl groups excluding tert-OH is 1. The second-order valence-electron chi connectivity index (χ2n) is 7.86. The molecule has 0 spiro atoms. The number of hydrogen-bond donors (Lipinski definition) is 9. The van der Waals surface area contributed by atoms with Gasteiger partial charge in [-0.25, -0.2) is 4.79 Å². The van der Waals surface area contributed by atoms with Crippen LogP contribution in [0.1, 0.15) is 39.5 Å². The van der Waals surface area contributed by atoms with Gasteiger partial charge in [-0.15, -0.1) is 0 Å². The third-order valence-electron chi connectivity index (χ3n) is 4.63. The molecular formula is C19H35N7O8. The number of carboxylic acid groups (broad SMARTS) is 2. The molecular weight excluding hydrogens is 454 g/mol. The molecule has 0 bridgehead atoms. The van der Waals surface area contributed by atoms with Crippen molar-refractivity contribution in [3.8, 4) is 0 Å². The largest absolute Gasteiger partial charge is 0.481 e. The van der Waals surface area contributed by atoms with Crippen LogP contribution in [0.5, 0.6) is 0 Å². The highest BCUT2D eigenvalue weighted by molar-refractivity contribution is 5.94. The molecule has 0 aromatic rings. The zero-order chi connectivity index (χ0) is 26.4. The van der Waals surface area contributed by atoms with Crippen molar-refractivity contribution in [1.82, 2.24) is 16.0 Å². The highest BCUT2D eigenvalue weighted by Crippen LogP contribution is 2.07. The van der Waals surface area contributed by atoms with Crippen LogP contribution in [0.15, 0.2) is 4.99 Å². The number of guanidine groups is 1. The van der Waals surface area contributed by atoms with E-state index in [2.05, 4.69) is 20.9 Å². The highest BCUT2D eigenvalue weighted by Gasteiger charge is 2.31. The Morgan fingerprint density at radius 1 is 0.882 bits per heavy atom. The standard InChI is InChI=1S/C19H35N7O8/c1-9(2)14(17(32)25-12(8-27)18(33)34)26-16(31)11(4-3-7-23-19(21)22)24-15(30)10(20)5-6-13(28)29/h9-12,14,27H,3-8,20H2,1-2H3,(H,24,30)(H,25,32)(H,26,31)(H,28,29)(H,33,34)(H4,21,22,23). The van der Waals surface area contributed by atoms with Crippen molar-refractivity contribution < 1.29 is 39.3 Å². The van der Waals surface area contributed by atoms with Gasteiger partial charge in [0, 0.05) is 13.0 Å². The molecule has 34 heavy (non-hydrogen) atoms. The van der Waals surface area contributed by atoms with Gasteiger partial charge < -0.3 is 48.5 Å². The summed E-state index contributed by atoms with van der Waals surface area (Å²) in [6.07, 6.45) is -0.176. The summed E-state index contributed by atoms with van der Waals surface area (Å²) in [5.74, 6) is -5.59. The van der Waals surface area contributed by atoms with Crippen LogP contribution in [0.4, 0.5) is 0 Å². The molecule has 3 amide bonds. The zero-order valence-corrected chi connectivity index (χ0v) is 19.2. The molecule has 0 aromatic carbocycles. The van der Waals surface area contributed by atoms with Gasteiger partial charge in [-0.05, 0) is 25.2 Å². The molecule has 0 aromatic heterocycles. The van der Waals surface area contributed by atoms with Gasteiger partial charge in [-0.2, -0.15) is 0 Å². The van der Waals surface area contributed by atoms with Crippen molar-refractivity contribution in [2.75, 3.05) is 13.2 Å². The molecule has 0 radical (unpaired) electrons. The average Bonchev–Trinajstić information content (AvgIpc) is 2.74. The molecule has 15 heteroatoms. The van der Waals surface area contributed by atoms with Crippen molar-refractivity contribution in [3.05, 3.63) is 0 Å². The normalized spacial score (nSPS) is 14.3. The number of hydrogen-bond acceptors (Lipinski definition) is 8. The molecule has 0 heterocycles. The number of aliphatic carboxylic acids is 2. The summed E-state index contributed by atoms with van der Waals surface area (Å²) >= 11 is 0. The Hall–Kier alpha value is -3.46. The number of carbonyl (C=O) groups is 5. The Kier molecular flexibility index (Phi) is 13.8. The molecule has 4 atom stereocenters. The van der Waals surface area contributed by atoms with Crippen LogP contribution in [-0.4, -0.2) is 88.3 Å². The number of nitrogens with two attached hydrogens (primary N) is 3. The van der Waals surface area contributed by atoms with Crippen molar-refractivity contribution >= 4 is 35.6 Å². The lowest BCUT2D eigenvalue weighted by molar-refractivity contribution is -0.143. The Balaban J connectivity index is 5.45. The van der Waals surface area contributed by atoms with E-state index in [0.717, 1.165) is 0 Å². The third-order valence-corrected chi connectivity index (χ3v) is 4.63. The van der Waals surface area contributed by atoms with E-state index in [1.54, 1.807) is 13.8 Å². The van der Waals surface area contributed by atoms with E-state index in [0.29, 0.717) is 0 Å². The smallest absolute Gasteiger partial charge is 0.328 e. The molecule has 0 saturated carbocycles. The fourth-order valence-electron chi connectivity index (χ4n) is 2.70. The maximum absolute atomic E-state index is 12.9. The van der Waals surface area contributed by atoms with Gasteiger partial charge in [0.25, 0.3) is 0 Å². The minimum absolute atomic E-state index is 0.0564. The molecule has 15 nitrogen and oxygen atoms in total. The fraction of sp³-hybridized carbons (Fsp3) is 0.684. The van der Waals surface area contributed by atoms with E-state index in [1.165, 1.54) is 0 Å². The number of carbonyl (C=O) groups excluding carboxylic acids is 3. The van der Waals surface area contributed by atoms with Gasteiger partial charge in [0.1, 0.15) is 18.1 Å². The van der Waals surface area contributed by atoms with Crippen LogP contribution in [0.3, 0.4) is 0 Å². The molecule has 0 aliphatic carbocycles. The molecule has 0 saturated heterocycles. The predicted octanol–water partition coefficient (Wildman–Crippen LogP) is -3.58. The highest BCUT2D eigenvalue weighted by atomic mass is 16.4. The molecule has 0 aliphatic heterocycles. The molecule has 0 aliphatic rings. The average molecular weight is 490 g/mol. The number of aliphatic hydroxyl groups is 1. The second kappa shape index (κ2) is 15.4. The quantitative estimate of drug-likeness (QED) is 0.0580. The third kappa shape index (κ3) is 12.0. The summed E-state index contributed by atoms with van der Waals surface area (Å²) in [5, 5.41) is 33.9. The van der Waals surface area contributed by atoms with E-state index in [9.17, 15) is 24.0 Å². The first-order chi connectivity index (χ1) is 15.8. The zero-order valence-electron chi connectivity index (χ0n) is 19.2. The molecule has 194 valence electrons. The Morgan fingerprint density at radius 3 is 1.94 bits per heavy atom. The van der Waals surface area contributed by atoms with Crippen LogP contribution in [-0.2, 0) is 24.0 Å². The van der Waals surface area contributed by atoms with E-state index >= 15 is 0 Å². The molecule has 0 fully saturated rings. The maximum atomic E-state index is 12.9. The van der Waals surface area contributed by atoms with E-state index < -0.39 is 66.4 Å². The van der Waals surface area contributed by atoms with E-state index in [4.69, 9.17) is 32.5 Å². The van der Waals surface area contributed by atoms with E-state index in [1.807, 2.05) is 0 Å². The number of amides is 3. The van der Waals surface area contributed by atoms with Crippen LogP contribution in [0, 0.1) is 5.92 Å². The number of rotatable bonds is 16. The van der Waals surface area contributed by atoms with Gasteiger partial charge in [0.05, 0.1) is 12.6 Å². The first kappa shape index (κ1) is 30.5.